The number of carbonyl (C=O) groups is 1. The lowest BCUT2D eigenvalue weighted by molar-refractivity contribution is -0.118. The molecule has 1 heterocycles. The van der Waals surface area contributed by atoms with Crippen LogP contribution in [-0.2, 0) is 4.79 Å². The van der Waals surface area contributed by atoms with Crippen LogP contribution in [0.2, 0.25) is 0 Å². The van der Waals surface area contributed by atoms with E-state index in [1.807, 2.05) is 39.0 Å². The van der Waals surface area contributed by atoms with Crippen molar-refractivity contribution >= 4 is 24.0 Å². The zero-order chi connectivity index (χ0) is 17.5. The summed E-state index contributed by atoms with van der Waals surface area (Å²) in [5.74, 6) is 0.907. The van der Waals surface area contributed by atoms with Crippen molar-refractivity contribution in [3.05, 3.63) is 23.8 Å². The first-order valence-electron chi connectivity index (χ1n) is 9.03. The summed E-state index contributed by atoms with van der Waals surface area (Å²) in [6.45, 7) is 10.1. The minimum atomic E-state index is -0.480. The van der Waals surface area contributed by atoms with Gasteiger partial charge in [0.15, 0.2) is 0 Å². The van der Waals surface area contributed by atoms with Gasteiger partial charge in [0, 0.05) is 12.2 Å². The molecular formula is C19H32ClN3O2. The molecule has 142 valence electrons. The van der Waals surface area contributed by atoms with Crippen molar-refractivity contribution in [2.45, 2.75) is 46.1 Å². The lowest BCUT2D eigenvalue weighted by Gasteiger charge is -2.19. The Morgan fingerprint density at radius 2 is 2.04 bits per heavy atom. The summed E-state index contributed by atoms with van der Waals surface area (Å²) in [5, 5.41) is 2.90. The molecule has 1 aromatic carbocycles. The van der Waals surface area contributed by atoms with Crippen LogP contribution >= 0.6 is 12.4 Å². The van der Waals surface area contributed by atoms with Crippen molar-refractivity contribution < 1.29 is 9.53 Å². The molecule has 0 aliphatic carbocycles. The zero-order valence-electron chi connectivity index (χ0n) is 15.6. The maximum absolute atomic E-state index is 12.2. The molecule has 0 spiro atoms. The van der Waals surface area contributed by atoms with Gasteiger partial charge in [0.25, 0.3) is 0 Å². The Kier molecular flexibility index (Phi) is 9.25. The average molecular weight is 370 g/mol. The second kappa shape index (κ2) is 10.6. The van der Waals surface area contributed by atoms with E-state index < -0.39 is 6.04 Å². The van der Waals surface area contributed by atoms with Crippen LogP contribution in [0, 0.1) is 12.8 Å². The van der Waals surface area contributed by atoms with Gasteiger partial charge in [-0.3, -0.25) is 9.69 Å². The summed E-state index contributed by atoms with van der Waals surface area (Å²) in [4.78, 5) is 14.6. The van der Waals surface area contributed by atoms with Crippen molar-refractivity contribution in [2.24, 2.45) is 11.7 Å². The molecule has 2 atom stereocenters. The quantitative estimate of drug-likeness (QED) is 0.738. The molecule has 0 bridgehead atoms. The molecule has 6 heteroatoms. The fraction of sp³-hybridized carbons (Fsp3) is 0.632. The maximum Gasteiger partial charge on any atom is 0.241 e. The lowest BCUT2D eigenvalue weighted by Crippen LogP contribution is -2.40. The summed E-state index contributed by atoms with van der Waals surface area (Å²) in [6.07, 6.45) is 3.48. The smallest absolute Gasteiger partial charge is 0.241 e. The Bertz CT molecular complexity index is 547. The normalized spacial score (nSPS) is 16.8. The molecule has 1 fully saturated rings. The van der Waals surface area contributed by atoms with Gasteiger partial charge >= 0.3 is 0 Å². The number of hydrogen-bond donors (Lipinski definition) is 2. The van der Waals surface area contributed by atoms with Crippen molar-refractivity contribution in [1.29, 1.82) is 0 Å². The summed E-state index contributed by atoms with van der Waals surface area (Å²) in [7, 11) is 0. The van der Waals surface area contributed by atoms with Gasteiger partial charge in [-0.2, -0.15) is 0 Å². The fourth-order valence-electron chi connectivity index (χ4n) is 2.92. The summed E-state index contributed by atoms with van der Waals surface area (Å²) >= 11 is 0. The molecule has 3 N–H and O–H groups in total. The molecule has 0 radical (unpaired) electrons. The van der Waals surface area contributed by atoms with Crippen molar-refractivity contribution in [3.63, 3.8) is 0 Å². The number of halogens is 1. The third-order valence-corrected chi connectivity index (χ3v) is 4.87. The van der Waals surface area contributed by atoms with Gasteiger partial charge in [0.1, 0.15) is 12.4 Å². The van der Waals surface area contributed by atoms with E-state index in [1.54, 1.807) is 0 Å². The highest BCUT2D eigenvalue weighted by Gasteiger charge is 2.19. The minimum Gasteiger partial charge on any atom is -0.492 e. The number of amides is 1. The second-order valence-electron chi connectivity index (χ2n) is 6.78. The molecule has 2 rings (SSSR count). The number of rotatable bonds is 8. The summed E-state index contributed by atoms with van der Waals surface area (Å²) in [6, 6.07) is 5.25. The maximum atomic E-state index is 12.2. The van der Waals surface area contributed by atoms with E-state index in [9.17, 15) is 4.79 Å². The number of likely N-dealkylation sites (tertiary alicyclic amines) is 1. The van der Waals surface area contributed by atoms with E-state index in [0.717, 1.165) is 30.0 Å². The number of anilines is 1. The van der Waals surface area contributed by atoms with E-state index in [4.69, 9.17) is 10.5 Å². The van der Waals surface area contributed by atoms with Crippen molar-refractivity contribution in [1.82, 2.24) is 4.90 Å². The number of nitrogens with two attached hydrogens (primary N) is 1. The number of nitrogens with zero attached hydrogens (tertiary/aromatic N) is 1. The number of nitrogens with one attached hydrogen (secondary N) is 1. The average Bonchev–Trinajstić information content (AvgIpc) is 3.08. The molecule has 1 aromatic rings. The second-order valence-corrected chi connectivity index (χ2v) is 6.78. The molecule has 25 heavy (non-hydrogen) atoms. The van der Waals surface area contributed by atoms with Crippen LogP contribution in [0.3, 0.4) is 0 Å². The molecular weight excluding hydrogens is 338 g/mol. The Labute approximate surface area is 157 Å². The molecule has 1 amide bonds. The summed E-state index contributed by atoms with van der Waals surface area (Å²) < 4.78 is 5.88. The summed E-state index contributed by atoms with van der Waals surface area (Å²) in [5.41, 5.74) is 7.76. The zero-order valence-corrected chi connectivity index (χ0v) is 16.4. The van der Waals surface area contributed by atoms with Gasteiger partial charge in [0.2, 0.25) is 5.91 Å². The Morgan fingerprint density at radius 1 is 1.36 bits per heavy atom. The monoisotopic (exact) mass is 369 g/mol. The van der Waals surface area contributed by atoms with Crippen molar-refractivity contribution in [2.75, 3.05) is 31.6 Å². The standard InChI is InChI=1S/C19H31N3O2.ClH/c1-4-14(2)18(20)19(23)21-16-7-8-17(15(3)13-16)24-12-11-22-9-5-6-10-22;/h7-8,13-14,18H,4-6,9-12,20H2,1-3H3,(H,21,23);1H. The van der Waals surface area contributed by atoms with E-state index >= 15 is 0 Å². The molecule has 1 aliphatic rings. The molecule has 5 nitrogen and oxygen atoms in total. The number of hydrogen-bond acceptors (Lipinski definition) is 4. The highest BCUT2D eigenvalue weighted by Crippen LogP contribution is 2.22. The van der Waals surface area contributed by atoms with Gasteiger partial charge in [-0.15, -0.1) is 12.4 Å². The predicted octanol–water partition coefficient (Wildman–Crippen LogP) is 3.20. The van der Waals surface area contributed by atoms with Gasteiger partial charge in [-0.25, -0.2) is 0 Å². The first-order chi connectivity index (χ1) is 11.5. The van der Waals surface area contributed by atoms with Gasteiger partial charge in [0.05, 0.1) is 6.04 Å². The highest BCUT2D eigenvalue weighted by molar-refractivity contribution is 5.95. The molecule has 0 aromatic heterocycles. The van der Waals surface area contributed by atoms with Gasteiger partial charge in [-0.1, -0.05) is 20.3 Å². The van der Waals surface area contributed by atoms with Crippen LogP contribution in [0.25, 0.3) is 0 Å². The van der Waals surface area contributed by atoms with E-state index in [2.05, 4.69) is 10.2 Å². The van der Waals surface area contributed by atoms with Crippen LogP contribution in [0.5, 0.6) is 5.75 Å². The molecule has 2 unspecified atom stereocenters. The Morgan fingerprint density at radius 3 is 2.64 bits per heavy atom. The number of benzene rings is 1. The van der Waals surface area contributed by atoms with Crippen LogP contribution in [0.4, 0.5) is 5.69 Å². The van der Waals surface area contributed by atoms with Crippen LogP contribution in [0.1, 0.15) is 38.7 Å². The van der Waals surface area contributed by atoms with E-state index in [0.29, 0.717) is 6.61 Å². The van der Waals surface area contributed by atoms with Crippen LogP contribution in [-0.4, -0.2) is 43.1 Å². The van der Waals surface area contributed by atoms with Gasteiger partial charge < -0.3 is 15.8 Å². The minimum absolute atomic E-state index is 0. The van der Waals surface area contributed by atoms with E-state index in [1.165, 1.54) is 25.9 Å². The van der Waals surface area contributed by atoms with Crippen molar-refractivity contribution in [3.8, 4) is 5.75 Å². The Hall–Kier alpha value is -1.30. The predicted molar refractivity (Wildman–Crippen MR) is 106 cm³/mol. The number of carbonyl (C=O) groups excluding carboxylic acids is 1. The fourth-order valence-corrected chi connectivity index (χ4v) is 2.92. The number of aryl methyl sites for hydroxylation is 1. The van der Waals surface area contributed by atoms with Gasteiger partial charge in [-0.05, 0) is 62.5 Å². The third-order valence-electron chi connectivity index (χ3n) is 4.87. The molecule has 1 saturated heterocycles. The highest BCUT2D eigenvalue weighted by atomic mass is 35.5. The largest absolute Gasteiger partial charge is 0.492 e. The Balaban J connectivity index is 0.00000312. The van der Waals surface area contributed by atoms with Crippen LogP contribution in [0.15, 0.2) is 18.2 Å². The first kappa shape index (κ1) is 21.7. The molecule has 0 saturated carbocycles. The number of ether oxygens (including phenoxy) is 1. The SMILES string of the molecule is CCC(C)C(N)C(=O)Nc1ccc(OCCN2CCCC2)c(C)c1.Cl. The van der Waals surface area contributed by atoms with Crippen LogP contribution < -0.4 is 15.8 Å². The third kappa shape index (κ3) is 6.49. The first-order valence-corrected chi connectivity index (χ1v) is 9.03. The molecule has 1 aliphatic heterocycles. The topological polar surface area (TPSA) is 67.6 Å². The lowest BCUT2D eigenvalue weighted by atomic mass is 9.99. The van der Waals surface area contributed by atoms with E-state index in [-0.39, 0.29) is 24.2 Å².